The molecule has 5 aromatic rings. The molecule has 3 aromatic heterocycles. The van der Waals surface area contributed by atoms with Gasteiger partial charge >= 0.3 is 5.97 Å². The lowest BCUT2D eigenvalue weighted by atomic mass is 9.95. The number of nitrogens with one attached hydrogen (secondary N) is 2. The van der Waals surface area contributed by atoms with Crippen molar-refractivity contribution in [1.29, 1.82) is 0 Å². The molecule has 11 heteroatoms. The summed E-state index contributed by atoms with van der Waals surface area (Å²) in [6.07, 6.45) is 9.68. The Bertz CT molecular complexity index is 1620. The number of aromatic amines is 1. The van der Waals surface area contributed by atoms with E-state index < -0.39 is 12.0 Å². The van der Waals surface area contributed by atoms with Crippen molar-refractivity contribution in [2.24, 2.45) is 0 Å². The van der Waals surface area contributed by atoms with Crippen LogP contribution in [0.15, 0.2) is 65.5 Å². The Hall–Kier alpha value is -4.80. The van der Waals surface area contributed by atoms with Gasteiger partial charge < -0.3 is 19.0 Å². The normalized spacial score (nSPS) is 14.7. The molecule has 6 rings (SSSR count). The van der Waals surface area contributed by atoms with E-state index in [1.807, 2.05) is 48.5 Å². The van der Waals surface area contributed by atoms with Crippen molar-refractivity contribution in [2.45, 2.75) is 57.0 Å². The average molecular weight is 554 g/mol. The SMILES string of the molecule is COC(=O)C[C@H](Cc1ccc(-c2nn[nH]n2)cc1)NC(=O)c1ccc2c(c1)nc(-c1ccoc1)n2C1CCCCC1. The second-order valence-electron chi connectivity index (χ2n) is 10.4. The molecule has 1 fully saturated rings. The highest BCUT2D eigenvalue weighted by Gasteiger charge is 2.24. The van der Waals surface area contributed by atoms with Crippen molar-refractivity contribution < 1.29 is 18.7 Å². The van der Waals surface area contributed by atoms with Crippen LogP contribution >= 0.6 is 0 Å². The molecule has 210 valence electrons. The summed E-state index contributed by atoms with van der Waals surface area (Å²) in [4.78, 5) is 30.6. The van der Waals surface area contributed by atoms with Gasteiger partial charge in [-0.25, -0.2) is 4.98 Å². The van der Waals surface area contributed by atoms with Crippen LogP contribution in [0.2, 0.25) is 0 Å². The third-order valence-electron chi connectivity index (χ3n) is 7.69. The third kappa shape index (κ3) is 5.74. The maximum Gasteiger partial charge on any atom is 0.307 e. The molecule has 1 aliphatic carbocycles. The number of carbonyl (C=O) groups is 2. The zero-order valence-corrected chi connectivity index (χ0v) is 22.7. The number of fused-ring (bicyclic) bond motifs is 1. The van der Waals surface area contributed by atoms with Crippen LogP contribution < -0.4 is 5.32 Å². The van der Waals surface area contributed by atoms with Gasteiger partial charge in [0.05, 0.1) is 36.4 Å². The first-order valence-corrected chi connectivity index (χ1v) is 13.8. The lowest BCUT2D eigenvalue weighted by molar-refractivity contribution is -0.141. The van der Waals surface area contributed by atoms with Crippen LogP contribution in [0.5, 0.6) is 0 Å². The Morgan fingerprint density at radius 1 is 1.10 bits per heavy atom. The molecule has 1 atom stereocenters. The van der Waals surface area contributed by atoms with Crippen LogP contribution in [-0.2, 0) is 16.0 Å². The number of furan rings is 1. The first-order chi connectivity index (χ1) is 20.1. The monoisotopic (exact) mass is 553 g/mol. The van der Waals surface area contributed by atoms with Crippen LogP contribution in [0.3, 0.4) is 0 Å². The molecule has 1 saturated carbocycles. The molecule has 0 saturated heterocycles. The molecule has 0 spiro atoms. The number of aromatic nitrogens is 6. The summed E-state index contributed by atoms with van der Waals surface area (Å²) in [5.41, 5.74) is 4.90. The number of benzene rings is 2. The van der Waals surface area contributed by atoms with Gasteiger partial charge in [0, 0.05) is 23.2 Å². The fourth-order valence-electron chi connectivity index (χ4n) is 5.63. The van der Waals surface area contributed by atoms with Crippen molar-refractivity contribution in [3.05, 3.63) is 72.2 Å². The molecule has 0 bridgehead atoms. The smallest absolute Gasteiger partial charge is 0.307 e. The van der Waals surface area contributed by atoms with E-state index in [1.165, 1.54) is 26.4 Å². The highest BCUT2D eigenvalue weighted by molar-refractivity contribution is 5.98. The van der Waals surface area contributed by atoms with E-state index in [-0.39, 0.29) is 12.3 Å². The molecule has 11 nitrogen and oxygen atoms in total. The molecule has 0 radical (unpaired) electrons. The van der Waals surface area contributed by atoms with E-state index in [1.54, 1.807) is 12.5 Å². The number of amides is 1. The van der Waals surface area contributed by atoms with Gasteiger partial charge in [0.25, 0.3) is 5.91 Å². The van der Waals surface area contributed by atoms with Gasteiger partial charge in [-0.2, -0.15) is 5.21 Å². The first kappa shape index (κ1) is 26.4. The number of imidazole rings is 1. The Balaban J connectivity index is 1.25. The Labute approximate surface area is 236 Å². The molecular formula is C30H31N7O4. The molecule has 3 heterocycles. The minimum atomic E-state index is -0.469. The second kappa shape index (κ2) is 11.7. The molecule has 0 unspecified atom stereocenters. The summed E-state index contributed by atoms with van der Waals surface area (Å²) in [7, 11) is 1.34. The topological polar surface area (TPSA) is 141 Å². The number of hydrogen-bond acceptors (Lipinski definition) is 8. The van der Waals surface area contributed by atoms with E-state index in [0.717, 1.165) is 46.4 Å². The number of tetrazole rings is 1. The molecule has 41 heavy (non-hydrogen) atoms. The lowest BCUT2D eigenvalue weighted by Gasteiger charge is -2.25. The Morgan fingerprint density at radius 3 is 2.63 bits per heavy atom. The quantitative estimate of drug-likeness (QED) is 0.246. The Kier molecular flexibility index (Phi) is 7.57. The Morgan fingerprint density at radius 2 is 1.93 bits per heavy atom. The standard InChI is InChI=1S/C30H31N7O4/c1-40-27(38)17-23(15-19-7-9-20(10-8-19)28-33-35-36-34-28)31-30(39)21-11-12-26-25(16-21)32-29(22-13-14-41-18-22)37(26)24-5-3-2-4-6-24/h7-14,16,18,23-24H,2-6,15,17H2,1H3,(H,31,39)(H,33,34,35,36)/t23-/m0/s1. The minimum Gasteiger partial charge on any atom is -0.472 e. The van der Waals surface area contributed by atoms with Gasteiger partial charge in [-0.05, 0) is 54.3 Å². The first-order valence-electron chi connectivity index (χ1n) is 13.8. The number of rotatable bonds is 9. The van der Waals surface area contributed by atoms with E-state index in [4.69, 9.17) is 14.1 Å². The molecular weight excluding hydrogens is 522 g/mol. The predicted molar refractivity (Wildman–Crippen MR) is 151 cm³/mol. The molecule has 0 aliphatic heterocycles. The minimum absolute atomic E-state index is 0.0397. The van der Waals surface area contributed by atoms with Crippen molar-refractivity contribution >= 4 is 22.9 Å². The van der Waals surface area contributed by atoms with Crippen LogP contribution in [0, 0.1) is 0 Å². The van der Waals surface area contributed by atoms with Crippen LogP contribution in [0.25, 0.3) is 33.8 Å². The van der Waals surface area contributed by atoms with E-state index in [2.05, 4.69) is 30.5 Å². The maximum absolute atomic E-state index is 13.5. The number of hydrogen-bond donors (Lipinski definition) is 2. The zero-order valence-electron chi connectivity index (χ0n) is 22.7. The van der Waals surface area contributed by atoms with Gasteiger partial charge in [0.15, 0.2) is 0 Å². The van der Waals surface area contributed by atoms with Gasteiger partial charge in [-0.1, -0.05) is 43.5 Å². The maximum atomic E-state index is 13.5. The number of methoxy groups -OCH3 is 1. The van der Waals surface area contributed by atoms with E-state index in [0.29, 0.717) is 23.9 Å². The van der Waals surface area contributed by atoms with Crippen molar-refractivity contribution in [3.63, 3.8) is 0 Å². The molecule has 2 N–H and O–H groups in total. The zero-order chi connectivity index (χ0) is 28.2. The number of esters is 1. The fraction of sp³-hybridized carbons (Fsp3) is 0.333. The van der Waals surface area contributed by atoms with Crippen LogP contribution in [0.1, 0.15) is 60.5 Å². The predicted octanol–water partition coefficient (Wildman–Crippen LogP) is 4.89. The average Bonchev–Trinajstić information content (AvgIpc) is 3.79. The van der Waals surface area contributed by atoms with Gasteiger partial charge in [0.2, 0.25) is 5.82 Å². The van der Waals surface area contributed by atoms with Crippen molar-refractivity contribution in [2.75, 3.05) is 7.11 Å². The van der Waals surface area contributed by atoms with Crippen molar-refractivity contribution in [1.82, 2.24) is 35.5 Å². The van der Waals surface area contributed by atoms with Crippen LogP contribution in [0.4, 0.5) is 0 Å². The van der Waals surface area contributed by atoms with E-state index >= 15 is 0 Å². The van der Waals surface area contributed by atoms with Gasteiger partial charge in [-0.3, -0.25) is 9.59 Å². The van der Waals surface area contributed by atoms with Crippen molar-refractivity contribution in [3.8, 4) is 22.8 Å². The summed E-state index contributed by atoms with van der Waals surface area (Å²) in [5.74, 6) is 0.672. The largest absolute Gasteiger partial charge is 0.472 e. The summed E-state index contributed by atoms with van der Waals surface area (Å²) in [5, 5.41) is 17.1. The number of carbonyl (C=O) groups excluding carboxylic acids is 2. The molecule has 1 amide bonds. The summed E-state index contributed by atoms with van der Waals surface area (Å²) < 4.78 is 12.6. The number of nitrogens with zero attached hydrogens (tertiary/aromatic N) is 5. The highest BCUT2D eigenvalue weighted by Crippen LogP contribution is 2.36. The number of ether oxygens (including phenoxy) is 1. The van der Waals surface area contributed by atoms with Crippen LogP contribution in [-0.4, -0.2) is 55.2 Å². The number of H-pyrrole nitrogens is 1. The molecule has 2 aromatic carbocycles. The second-order valence-corrected chi connectivity index (χ2v) is 10.4. The fourth-order valence-corrected chi connectivity index (χ4v) is 5.63. The highest BCUT2D eigenvalue weighted by atomic mass is 16.5. The summed E-state index contributed by atoms with van der Waals surface area (Å²) in [6, 6.07) is 15.0. The summed E-state index contributed by atoms with van der Waals surface area (Å²) in [6.45, 7) is 0. The lowest BCUT2D eigenvalue weighted by Crippen LogP contribution is -2.38. The van der Waals surface area contributed by atoms with E-state index in [9.17, 15) is 9.59 Å². The summed E-state index contributed by atoms with van der Waals surface area (Å²) >= 11 is 0. The van der Waals surface area contributed by atoms with Gasteiger partial charge in [0.1, 0.15) is 12.1 Å². The molecule has 1 aliphatic rings. The third-order valence-corrected chi connectivity index (χ3v) is 7.69. The van der Waals surface area contributed by atoms with Gasteiger partial charge in [-0.15, -0.1) is 10.2 Å².